The van der Waals surface area contributed by atoms with Crippen LogP contribution in [-0.2, 0) is 0 Å². The van der Waals surface area contributed by atoms with Gasteiger partial charge in [-0.1, -0.05) is 29.8 Å². The molecule has 0 radical (unpaired) electrons. The number of pyridine rings is 1. The third kappa shape index (κ3) is 5.51. The van der Waals surface area contributed by atoms with E-state index < -0.39 is 9.85 Å². The second-order valence-corrected chi connectivity index (χ2v) is 8.92. The number of aromatic nitrogens is 3. The molecule has 4 rings (SSSR count). The van der Waals surface area contributed by atoms with E-state index in [-0.39, 0.29) is 34.5 Å². The summed E-state index contributed by atoms with van der Waals surface area (Å²) in [5.74, 6) is 0.237. The molecule has 0 fully saturated rings. The van der Waals surface area contributed by atoms with Crippen LogP contribution in [0.1, 0.15) is 37.6 Å². The molecule has 0 saturated heterocycles. The standard InChI is InChI=1S/C24H19BrN6O6/c1-3-14(2)23-28-19-7-5-16(25)11-18(19)24(32)29(23)27-12-15-4-8-21(20(10-15)31(35)36)37-22-9-6-17(13-26-22)30(33)34/h4-14H,3H2,1-2H3/t14-/m0/s1. The van der Waals surface area contributed by atoms with Gasteiger partial charge in [0.25, 0.3) is 11.2 Å². The molecule has 2 aromatic carbocycles. The molecule has 0 aliphatic carbocycles. The minimum atomic E-state index is -0.635. The summed E-state index contributed by atoms with van der Waals surface area (Å²) in [6, 6.07) is 11.8. The highest BCUT2D eigenvalue weighted by molar-refractivity contribution is 9.10. The Kier molecular flexibility index (Phi) is 7.34. The summed E-state index contributed by atoms with van der Waals surface area (Å²) in [7, 11) is 0. The Morgan fingerprint density at radius 3 is 2.57 bits per heavy atom. The third-order valence-corrected chi connectivity index (χ3v) is 6.03. The van der Waals surface area contributed by atoms with E-state index in [1.54, 1.807) is 18.2 Å². The maximum absolute atomic E-state index is 13.3. The second kappa shape index (κ2) is 10.6. The van der Waals surface area contributed by atoms with E-state index in [0.29, 0.717) is 22.3 Å². The van der Waals surface area contributed by atoms with Crippen molar-refractivity contribution in [2.24, 2.45) is 5.10 Å². The van der Waals surface area contributed by atoms with Gasteiger partial charge in [0.2, 0.25) is 11.6 Å². The van der Waals surface area contributed by atoms with Crippen molar-refractivity contribution >= 4 is 44.4 Å². The van der Waals surface area contributed by atoms with E-state index in [0.717, 1.165) is 17.1 Å². The zero-order valence-electron chi connectivity index (χ0n) is 19.6. The summed E-state index contributed by atoms with van der Waals surface area (Å²) < 4.78 is 7.41. The summed E-state index contributed by atoms with van der Waals surface area (Å²) in [6.45, 7) is 3.90. The minimum Gasteiger partial charge on any atom is -0.432 e. The Morgan fingerprint density at radius 1 is 1.14 bits per heavy atom. The number of nitrogens with zero attached hydrogens (tertiary/aromatic N) is 6. The van der Waals surface area contributed by atoms with E-state index in [4.69, 9.17) is 4.74 Å². The van der Waals surface area contributed by atoms with E-state index >= 15 is 0 Å². The highest BCUT2D eigenvalue weighted by Crippen LogP contribution is 2.31. The number of benzene rings is 2. The van der Waals surface area contributed by atoms with Gasteiger partial charge >= 0.3 is 5.69 Å². The van der Waals surface area contributed by atoms with Crippen LogP contribution in [0.2, 0.25) is 0 Å². The molecule has 37 heavy (non-hydrogen) atoms. The SMILES string of the molecule is CC[C@H](C)c1nc2ccc(Br)cc2c(=O)n1N=Cc1ccc(Oc2ccc([N+](=O)[O-])cn2)c([N+](=O)[O-])c1. The van der Waals surface area contributed by atoms with Crippen molar-refractivity contribution in [1.82, 2.24) is 14.6 Å². The molecule has 4 aromatic rings. The van der Waals surface area contributed by atoms with Crippen molar-refractivity contribution in [3.05, 3.63) is 101 Å². The zero-order valence-corrected chi connectivity index (χ0v) is 21.2. The third-order valence-electron chi connectivity index (χ3n) is 5.53. The molecule has 0 bridgehead atoms. The van der Waals surface area contributed by atoms with Crippen LogP contribution in [0.4, 0.5) is 11.4 Å². The monoisotopic (exact) mass is 566 g/mol. The average molecular weight is 567 g/mol. The molecular formula is C24H19BrN6O6. The topological polar surface area (TPSA) is 156 Å². The maximum atomic E-state index is 13.3. The molecule has 0 amide bonds. The van der Waals surface area contributed by atoms with Crippen LogP contribution in [0.3, 0.4) is 0 Å². The largest absolute Gasteiger partial charge is 0.432 e. The lowest BCUT2D eigenvalue weighted by molar-refractivity contribution is -0.385. The first kappa shape index (κ1) is 25.6. The summed E-state index contributed by atoms with van der Waals surface area (Å²) in [5.41, 5.74) is -0.0920. The number of nitro groups is 2. The maximum Gasteiger partial charge on any atom is 0.312 e. The molecule has 0 aliphatic heterocycles. The molecule has 0 N–H and O–H groups in total. The van der Waals surface area contributed by atoms with Gasteiger partial charge in [-0.25, -0.2) is 9.97 Å². The summed E-state index contributed by atoms with van der Waals surface area (Å²) >= 11 is 3.37. The van der Waals surface area contributed by atoms with Crippen LogP contribution in [-0.4, -0.2) is 30.7 Å². The van der Waals surface area contributed by atoms with Crippen molar-refractivity contribution in [2.75, 3.05) is 0 Å². The number of hydrogen-bond donors (Lipinski definition) is 0. The van der Waals surface area contributed by atoms with Crippen LogP contribution < -0.4 is 10.3 Å². The Labute approximate surface area is 217 Å². The first-order chi connectivity index (χ1) is 17.7. The number of halogens is 1. The fourth-order valence-electron chi connectivity index (χ4n) is 3.40. The molecule has 12 nitrogen and oxygen atoms in total. The Hall–Kier alpha value is -4.52. The lowest BCUT2D eigenvalue weighted by Gasteiger charge is -2.14. The van der Waals surface area contributed by atoms with Gasteiger partial charge in [0.15, 0.2) is 0 Å². The first-order valence-electron chi connectivity index (χ1n) is 11.0. The van der Waals surface area contributed by atoms with Gasteiger partial charge in [0, 0.05) is 34.2 Å². The van der Waals surface area contributed by atoms with Gasteiger partial charge in [-0.2, -0.15) is 9.78 Å². The van der Waals surface area contributed by atoms with Crippen molar-refractivity contribution in [1.29, 1.82) is 0 Å². The molecule has 1 atom stereocenters. The van der Waals surface area contributed by atoms with Gasteiger partial charge < -0.3 is 4.74 Å². The van der Waals surface area contributed by atoms with Gasteiger partial charge in [-0.15, -0.1) is 0 Å². The predicted octanol–water partition coefficient (Wildman–Crippen LogP) is 5.56. The van der Waals surface area contributed by atoms with E-state index in [2.05, 4.69) is 31.0 Å². The molecule has 2 aromatic heterocycles. The molecule has 2 heterocycles. The van der Waals surface area contributed by atoms with Gasteiger partial charge in [-0.3, -0.25) is 25.0 Å². The molecule has 0 aliphatic rings. The Bertz CT molecular complexity index is 1600. The summed E-state index contributed by atoms with van der Waals surface area (Å²) in [5, 5.41) is 27.2. The number of hydrogen-bond acceptors (Lipinski definition) is 9. The fraction of sp³-hybridized carbons (Fsp3) is 0.167. The molecule has 0 spiro atoms. The quantitative estimate of drug-likeness (QED) is 0.152. The van der Waals surface area contributed by atoms with Gasteiger partial charge in [0.1, 0.15) is 12.0 Å². The highest BCUT2D eigenvalue weighted by atomic mass is 79.9. The van der Waals surface area contributed by atoms with Crippen molar-refractivity contribution < 1.29 is 14.6 Å². The molecule has 188 valence electrons. The van der Waals surface area contributed by atoms with Crippen LogP contribution >= 0.6 is 15.9 Å². The van der Waals surface area contributed by atoms with Crippen LogP contribution in [0.15, 0.2) is 69.1 Å². The normalized spacial score (nSPS) is 12.1. The van der Waals surface area contributed by atoms with Crippen LogP contribution in [0.25, 0.3) is 10.9 Å². The van der Waals surface area contributed by atoms with Gasteiger partial charge in [0.05, 0.1) is 27.0 Å². The van der Waals surface area contributed by atoms with Crippen molar-refractivity contribution in [2.45, 2.75) is 26.2 Å². The molecule has 0 saturated carbocycles. The second-order valence-electron chi connectivity index (χ2n) is 8.00. The number of nitro benzene ring substituents is 1. The van der Waals surface area contributed by atoms with E-state index in [1.165, 1.54) is 41.2 Å². The number of ether oxygens (including phenoxy) is 1. The van der Waals surface area contributed by atoms with E-state index in [9.17, 15) is 25.0 Å². The summed E-state index contributed by atoms with van der Waals surface area (Å²) in [6.07, 6.45) is 3.04. The lowest BCUT2D eigenvalue weighted by Crippen LogP contribution is -2.23. The smallest absolute Gasteiger partial charge is 0.312 e. The van der Waals surface area contributed by atoms with Gasteiger partial charge in [-0.05, 0) is 36.8 Å². The van der Waals surface area contributed by atoms with E-state index in [1.807, 2.05) is 13.8 Å². The highest BCUT2D eigenvalue weighted by Gasteiger charge is 2.19. The summed E-state index contributed by atoms with van der Waals surface area (Å²) in [4.78, 5) is 42.9. The zero-order chi connectivity index (χ0) is 26.7. The minimum absolute atomic E-state index is 0.0479. The Balaban J connectivity index is 1.71. The lowest BCUT2D eigenvalue weighted by atomic mass is 10.1. The predicted molar refractivity (Wildman–Crippen MR) is 139 cm³/mol. The Morgan fingerprint density at radius 2 is 1.92 bits per heavy atom. The molecular weight excluding hydrogens is 548 g/mol. The number of fused-ring (bicyclic) bond motifs is 1. The average Bonchev–Trinajstić information content (AvgIpc) is 2.88. The fourth-order valence-corrected chi connectivity index (χ4v) is 3.76. The number of rotatable bonds is 8. The van der Waals surface area contributed by atoms with Crippen LogP contribution in [0, 0.1) is 20.2 Å². The molecule has 0 unspecified atom stereocenters. The molecule has 13 heteroatoms. The van der Waals surface area contributed by atoms with Crippen molar-refractivity contribution in [3.63, 3.8) is 0 Å². The van der Waals surface area contributed by atoms with Crippen molar-refractivity contribution in [3.8, 4) is 11.6 Å². The first-order valence-corrected chi connectivity index (χ1v) is 11.8. The van der Waals surface area contributed by atoms with Crippen LogP contribution in [0.5, 0.6) is 11.6 Å².